The fourth-order valence-electron chi connectivity index (χ4n) is 1.17. The second-order valence-corrected chi connectivity index (χ2v) is 2.80. The Morgan fingerprint density at radius 2 is 1.81 bits per heavy atom. The molecule has 1 N–H and O–H groups in total. The summed E-state index contributed by atoms with van der Waals surface area (Å²) < 4.78 is 8.86. The first-order chi connectivity index (χ1) is 7.50. The van der Waals surface area contributed by atoms with Crippen LogP contribution in [0.3, 0.4) is 0 Å². The number of aromatic hydroxyl groups is 1. The minimum atomic E-state index is -1.37. The van der Waals surface area contributed by atoms with E-state index in [4.69, 9.17) is 0 Å². The van der Waals surface area contributed by atoms with Gasteiger partial charge in [-0.05, 0) is 12.1 Å². The lowest BCUT2D eigenvalue weighted by Gasteiger charge is -1.97. The molecule has 0 atom stereocenters. The van der Waals surface area contributed by atoms with Gasteiger partial charge in [0, 0.05) is 0 Å². The molecule has 1 aromatic heterocycles. The highest BCUT2D eigenvalue weighted by atomic mass is 16.6. The molecule has 1 heterocycles. The summed E-state index contributed by atoms with van der Waals surface area (Å²) in [5.41, 5.74) is -4.32. The number of nitro groups is 1. The van der Waals surface area contributed by atoms with E-state index in [-0.39, 0.29) is 5.58 Å². The lowest BCUT2D eigenvalue weighted by Crippen LogP contribution is -2.21. The lowest BCUT2D eigenvalue weighted by molar-refractivity contribution is -0.384. The minimum Gasteiger partial charge on any atom is -0.502 e. The van der Waals surface area contributed by atoms with E-state index < -0.39 is 33.2 Å². The quantitative estimate of drug-likeness (QED) is 0.422. The fourth-order valence-corrected chi connectivity index (χ4v) is 1.17. The first kappa shape index (κ1) is 9.90. The Balaban J connectivity index is 3.04. The zero-order valence-electron chi connectivity index (χ0n) is 7.50. The molecule has 0 saturated carbocycles. The van der Waals surface area contributed by atoms with Gasteiger partial charge in [0.15, 0.2) is 11.3 Å². The molecule has 8 nitrogen and oxygen atoms in total. The predicted molar refractivity (Wildman–Crippen MR) is 49.3 cm³/mol. The van der Waals surface area contributed by atoms with Crippen molar-refractivity contribution in [1.82, 2.24) is 0 Å². The van der Waals surface area contributed by atoms with Crippen molar-refractivity contribution in [2.75, 3.05) is 0 Å². The Labute approximate surface area is 85.5 Å². The first-order valence-corrected chi connectivity index (χ1v) is 3.95. The van der Waals surface area contributed by atoms with Gasteiger partial charge in [-0.1, -0.05) is 0 Å². The molecule has 0 radical (unpaired) electrons. The molecule has 0 bridgehead atoms. The molecule has 0 aliphatic rings. The molecule has 2 rings (SSSR count). The van der Waals surface area contributed by atoms with Crippen LogP contribution >= 0.6 is 0 Å². The zero-order valence-corrected chi connectivity index (χ0v) is 7.50. The van der Waals surface area contributed by atoms with Crippen LogP contribution in [0, 0.1) is 10.1 Å². The van der Waals surface area contributed by atoms with Crippen LogP contribution < -0.4 is 11.3 Å². The Hall–Kier alpha value is -2.64. The van der Waals surface area contributed by atoms with Crippen molar-refractivity contribution < 1.29 is 18.9 Å². The van der Waals surface area contributed by atoms with Gasteiger partial charge < -0.3 is 13.9 Å². The van der Waals surface area contributed by atoms with E-state index in [1.807, 2.05) is 0 Å². The van der Waals surface area contributed by atoms with E-state index in [0.29, 0.717) is 0 Å². The maximum absolute atomic E-state index is 10.8. The van der Waals surface area contributed by atoms with E-state index in [1.54, 1.807) is 0 Å². The Morgan fingerprint density at radius 3 is 2.44 bits per heavy atom. The largest absolute Gasteiger partial charge is 0.502 e. The molecule has 0 aliphatic carbocycles. The summed E-state index contributed by atoms with van der Waals surface area (Å²) in [6.07, 6.45) is 0. The maximum atomic E-state index is 10.8. The third-order valence-corrected chi connectivity index (χ3v) is 1.82. The van der Waals surface area contributed by atoms with Gasteiger partial charge >= 0.3 is 16.9 Å². The number of hydrogen-bond acceptors (Lipinski definition) is 7. The van der Waals surface area contributed by atoms with Crippen LogP contribution in [-0.2, 0) is 0 Å². The molecular weight excluding hydrogens is 222 g/mol. The van der Waals surface area contributed by atoms with Crippen molar-refractivity contribution in [2.45, 2.75) is 0 Å². The van der Waals surface area contributed by atoms with Gasteiger partial charge in [0.1, 0.15) is 0 Å². The van der Waals surface area contributed by atoms with Gasteiger partial charge in [0.25, 0.3) is 5.58 Å². The van der Waals surface area contributed by atoms with E-state index in [2.05, 4.69) is 8.83 Å². The summed E-state index contributed by atoms with van der Waals surface area (Å²) in [5, 5.41) is 19.8. The third-order valence-electron chi connectivity index (χ3n) is 1.82. The second-order valence-electron chi connectivity index (χ2n) is 2.80. The van der Waals surface area contributed by atoms with Crippen LogP contribution in [0.5, 0.6) is 5.75 Å². The van der Waals surface area contributed by atoms with Crippen LogP contribution in [0.4, 0.5) is 5.69 Å². The monoisotopic (exact) mass is 225 g/mol. The molecule has 0 saturated heterocycles. The standard InChI is InChI=1S/C8H3NO7/c10-3-1-2-4-6(5(3)9(13)14)16-8(12)7(11)15-4/h1-2,10H. The topological polar surface area (TPSA) is 124 Å². The molecule has 82 valence electrons. The molecule has 0 amide bonds. The van der Waals surface area contributed by atoms with Gasteiger partial charge in [-0.2, -0.15) is 0 Å². The van der Waals surface area contributed by atoms with Crippen molar-refractivity contribution in [3.8, 4) is 5.75 Å². The van der Waals surface area contributed by atoms with Crippen LogP contribution in [-0.4, -0.2) is 10.0 Å². The third kappa shape index (κ3) is 1.32. The predicted octanol–water partition coefficient (Wildman–Crippen LogP) is 0.360. The smallest absolute Gasteiger partial charge is 0.423 e. The molecular formula is C8H3NO7. The van der Waals surface area contributed by atoms with E-state index >= 15 is 0 Å². The van der Waals surface area contributed by atoms with E-state index in [9.17, 15) is 24.8 Å². The summed E-state index contributed by atoms with van der Waals surface area (Å²) in [7, 11) is 0. The molecule has 16 heavy (non-hydrogen) atoms. The normalized spacial score (nSPS) is 10.5. The Morgan fingerprint density at radius 1 is 1.19 bits per heavy atom. The highest BCUT2D eigenvalue weighted by Gasteiger charge is 2.23. The van der Waals surface area contributed by atoms with Crippen molar-refractivity contribution in [3.63, 3.8) is 0 Å². The number of benzene rings is 1. The van der Waals surface area contributed by atoms with Crippen molar-refractivity contribution in [2.24, 2.45) is 0 Å². The number of phenols is 1. The Kier molecular flexibility index (Phi) is 1.97. The lowest BCUT2D eigenvalue weighted by atomic mass is 10.2. The summed E-state index contributed by atoms with van der Waals surface area (Å²) in [6.45, 7) is 0. The number of phenolic OH excluding ortho intramolecular Hbond substituents is 1. The number of fused-ring (bicyclic) bond motifs is 1. The first-order valence-electron chi connectivity index (χ1n) is 3.95. The summed E-state index contributed by atoms with van der Waals surface area (Å²) in [4.78, 5) is 31.3. The minimum absolute atomic E-state index is 0.283. The van der Waals surface area contributed by atoms with E-state index in [0.717, 1.165) is 12.1 Å². The van der Waals surface area contributed by atoms with Gasteiger partial charge in [0.2, 0.25) is 0 Å². The summed E-state index contributed by atoms with van der Waals surface area (Å²) in [6, 6.07) is 2.05. The number of hydrogen-bond donors (Lipinski definition) is 1. The average Bonchev–Trinajstić information content (AvgIpc) is 2.20. The maximum Gasteiger partial charge on any atom is 0.423 e. The zero-order chi connectivity index (χ0) is 11.9. The molecule has 8 heteroatoms. The fraction of sp³-hybridized carbons (Fsp3) is 0. The number of nitrogens with zero attached hydrogens (tertiary/aromatic N) is 1. The van der Waals surface area contributed by atoms with Gasteiger partial charge in [-0.25, -0.2) is 9.59 Å². The van der Waals surface area contributed by atoms with Crippen molar-refractivity contribution in [1.29, 1.82) is 0 Å². The van der Waals surface area contributed by atoms with Crippen LogP contribution in [0.2, 0.25) is 0 Å². The summed E-state index contributed by atoms with van der Waals surface area (Å²) >= 11 is 0. The molecule has 0 spiro atoms. The van der Waals surface area contributed by atoms with Crippen LogP contribution in [0.1, 0.15) is 0 Å². The SMILES string of the molecule is O=c1oc2ccc(O)c([N+](=O)[O-])c2oc1=O. The second kappa shape index (κ2) is 3.19. The van der Waals surface area contributed by atoms with Gasteiger partial charge in [0.05, 0.1) is 4.92 Å². The van der Waals surface area contributed by atoms with Crippen molar-refractivity contribution >= 4 is 16.9 Å². The highest BCUT2D eigenvalue weighted by Crippen LogP contribution is 2.32. The van der Waals surface area contributed by atoms with Crippen LogP contribution in [0.25, 0.3) is 11.2 Å². The molecule has 0 unspecified atom stereocenters. The summed E-state index contributed by atoms with van der Waals surface area (Å²) in [5.74, 6) is -0.686. The number of nitro benzene ring substituents is 1. The highest BCUT2D eigenvalue weighted by molar-refractivity contribution is 5.83. The molecule has 2 aromatic rings. The average molecular weight is 225 g/mol. The van der Waals surface area contributed by atoms with Gasteiger partial charge in [-0.15, -0.1) is 0 Å². The van der Waals surface area contributed by atoms with Crippen LogP contribution in [0.15, 0.2) is 30.6 Å². The molecule has 0 aliphatic heterocycles. The molecule has 0 fully saturated rings. The number of rotatable bonds is 1. The molecule has 1 aromatic carbocycles. The van der Waals surface area contributed by atoms with E-state index in [1.165, 1.54) is 0 Å². The van der Waals surface area contributed by atoms with Crippen molar-refractivity contribution in [3.05, 3.63) is 43.1 Å². The van der Waals surface area contributed by atoms with Gasteiger partial charge in [-0.3, -0.25) is 10.1 Å². The Bertz CT molecular complexity index is 696.